The number of aromatic nitrogens is 2. The first-order chi connectivity index (χ1) is 9.43. The van der Waals surface area contributed by atoms with Gasteiger partial charge >= 0.3 is 0 Å². The van der Waals surface area contributed by atoms with Gasteiger partial charge in [0.05, 0.1) is 18.3 Å². The Morgan fingerprint density at radius 3 is 2.55 bits per heavy atom. The smallest absolute Gasteiger partial charge is 0.159 e. The molecule has 0 fully saturated rings. The van der Waals surface area contributed by atoms with Gasteiger partial charge in [0.2, 0.25) is 0 Å². The maximum absolute atomic E-state index is 13.2. The Morgan fingerprint density at radius 2 is 1.95 bits per heavy atom. The summed E-state index contributed by atoms with van der Waals surface area (Å²) in [5.41, 5.74) is 3.06. The Morgan fingerprint density at radius 1 is 1.25 bits per heavy atom. The molecule has 3 nitrogen and oxygen atoms in total. The van der Waals surface area contributed by atoms with Crippen LogP contribution in [0.3, 0.4) is 0 Å². The van der Waals surface area contributed by atoms with Crippen molar-refractivity contribution >= 4 is 0 Å². The van der Waals surface area contributed by atoms with Crippen LogP contribution in [-0.2, 0) is 6.54 Å². The average molecular weight is 280 g/mol. The third-order valence-corrected chi connectivity index (χ3v) is 3.47. The Hall–Kier alpha value is -1.75. The van der Waals surface area contributed by atoms with Crippen LogP contribution >= 0.6 is 0 Å². The lowest BCUT2D eigenvalue weighted by molar-refractivity contribution is 0.172. The third kappa shape index (κ3) is 2.72. The van der Waals surface area contributed by atoms with Crippen LogP contribution in [0.5, 0.6) is 0 Å². The van der Waals surface area contributed by atoms with Crippen LogP contribution in [-0.4, -0.2) is 14.9 Å². The summed E-state index contributed by atoms with van der Waals surface area (Å²) in [5.74, 6) is -1.72. The number of benzene rings is 1. The standard InChI is InChI=1S/C15H18F2N2O/c1-4-14(20)15-9(2)18-19(10(15)3)8-11-5-6-12(16)13(17)7-11/h5-7,14,20H,4,8H2,1-3H3. The molecule has 1 aromatic carbocycles. The van der Waals surface area contributed by atoms with Crippen molar-refractivity contribution in [2.45, 2.75) is 39.8 Å². The molecular weight excluding hydrogens is 262 g/mol. The van der Waals surface area contributed by atoms with E-state index in [1.165, 1.54) is 12.1 Å². The lowest BCUT2D eigenvalue weighted by atomic mass is 10.1. The van der Waals surface area contributed by atoms with Gasteiger partial charge in [0.1, 0.15) is 0 Å². The minimum absolute atomic E-state index is 0.348. The summed E-state index contributed by atoms with van der Waals surface area (Å²) in [7, 11) is 0. The molecule has 0 spiro atoms. The van der Waals surface area contributed by atoms with Gasteiger partial charge < -0.3 is 5.11 Å². The van der Waals surface area contributed by atoms with Gasteiger partial charge in [-0.2, -0.15) is 5.10 Å². The predicted octanol–water partition coefficient (Wildman–Crippen LogP) is 3.27. The molecule has 1 N–H and O–H groups in total. The predicted molar refractivity (Wildman–Crippen MR) is 72.4 cm³/mol. The monoisotopic (exact) mass is 280 g/mol. The number of aliphatic hydroxyl groups excluding tert-OH is 1. The van der Waals surface area contributed by atoms with Crippen molar-refractivity contribution in [1.82, 2.24) is 9.78 Å². The average Bonchev–Trinajstić information content (AvgIpc) is 2.68. The molecular formula is C15H18F2N2O. The summed E-state index contributed by atoms with van der Waals surface area (Å²) in [5, 5.41) is 14.4. The molecule has 0 radical (unpaired) electrons. The van der Waals surface area contributed by atoms with E-state index in [0.717, 1.165) is 23.0 Å². The second-order valence-corrected chi connectivity index (χ2v) is 4.91. The molecule has 1 atom stereocenters. The highest BCUT2D eigenvalue weighted by atomic mass is 19.2. The fraction of sp³-hybridized carbons (Fsp3) is 0.400. The molecule has 0 saturated heterocycles. The maximum Gasteiger partial charge on any atom is 0.159 e. The van der Waals surface area contributed by atoms with Crippen molar-refractivity contribution in [3.8, 4) is 0 Å². The van der Waals surface area contributed by atoms with Crippen LogP contribution < -0.4 is 0 Å². The van der Waals surface area contributed by atoms with Crippen molar-refractivity contribution in [3.05, 3.63) is 52.3 Å². The second kappa shape index (κ2) is 5.71. The maximum atomic E-state index is 13.2. The highest BCUT2D eigenvalue weighted by Gasteiger charge is 2.17. The molecule has 0 amide bonds. The van der Waals surface area contributed by atoms with E-state index in [4.69, 9.17) is 0 Å². The van der Waals surface area contributed by atoms with E-state index in [1.807, 2.05) is 20.8 Å². The van der Waals surface area contributed by atoms with Gasteiger partial charge in [-0.15, -0.1) is 0 Å². The molecule has 108 valence electrons. The minimum atomic E-state index is -0.863. The minimum Gasteiger partial charge on any atom is -0.388 e. The second-order valence-electron chi connectivity index (χ2n) is 4.91. The summed E-state index contributed by atoms with van der Waals surface area (Å²) < 4.78 is 27.8. The van der Waals surface area contributed by atoms with Gasteiger partial charge in [0.15, 0.2) is 11.6 Å². The molecule has 0 bridgehead atoms. The van der Waals surface area contributed by atoms with Gasteiger partial charge in [0.25, 0.3) is 0 Å². The van der Waals surface area contributed by atoms with E-state index >= 15 is 0 Å². The van der Waals surface area contributed by atoms with Crippen LogP contribution in [0.2, 0.25) is 0 Å². The third-order valence-electron chi connectivity index (χ3n) is 3.47. The van der Waals surface area contributed by atoms with E-state index < -0.39 is 17.7 Å². The summed E-state index contributed by atoms with van der Waals surface area (Å²) in [6.07, 6.45) is 0.0622. The van der Waals surface area contributed by atoms with E-state index in [1.54, 1.807) is 4.68 Å². The van der Waals surface area contributed by atoms with Crippen molar-refractivity contribution in [3.63, 3.8) is 0 Å². The zero-order valence-corrected chi connectivity index (χ0v) is 11.8. The Bertz CT molecular complexity index is 623. The number of hydrogen-bond donors (Lipinski definition) is 1. The molecule has 1 heterocycles. The molecule has 20 heavy (non-hydrogen) atoms. The molecule has 0 aliphatic heterocycles. The van der Waals surface area contributed by atoms with Gasteiger partial charge in [0, 0.05) is 11.3 Å². The Labute approximate surface area is 116 Å². The topological polar surface area (TPSA) is 38.1 Å². The number of halogens is 2. The van der Waals surface area contributed by atoms with E-state index in [9.17, 15) is 13.9 Å². The first kappa shape index (κ1) is 14.7. The van der Waals surface area contributed by atoms with E-state index in [-0.39, 0.29) is 0 Å². The van der Waals surface area contributed by atoms with Crippen molar-refractivity contribution in [1.29, 1.82) is 0 Å². The highest BCUT2D eigenvalue weighted by molar-refractivity contribution is 5.28. The number of aryl methyl sites for hydroxylation is 1. The van der Waals surface area contributed by atoms with Crippen molar-refractivity contribution in [2.75, 3.05) is 0 Å². The highest BCUT2D eigenvalue weighted by Crippen LogP contribution is 2.24. The molecule has 1 unspecified atom stereocenters. The summed E-state index contributed by atoms with van der Waals surface area (Å²) in [4.78, 5) is 0. The lowest BCUT2D eigenvalue weighted by Gasteiger charge is -2.09. The first-order valence-corrected chi connectivity index (χ1v) is 6.60. The van der Waals surface area contributed by atoms with Gasteiger partial charge in [-0.25, -0.2) is 8.78 Å². The zero-order chi connectivity index (χ0) is 14.9. The van der Waals surface area contributed by atoms with Crippen LogP contribution in [0.15, 0.2) is 18.2 Å². The lowest BCUT2D eigenvalue weighted by Crippen LogP contribution is -2.06. The van der Waals surface area contributed by atoms with Gasteiger partial charge in [-0.3, -0.25) is 4.68 Å². The Kier molecular flexibility index (Phi) is 4.18. The largest absolute Gasteiger partial charge is 0.388 e. The molecule has 2 aromatic rings. The van der Waals surface area contributed by atoms with E-state index in [2.05, 4.69) is 5.10 Å². The molecule has 1 aromatic heterocycles. The number of aliphatic hydroxyl groups is 1. The quantitative estimate of drug-likeness (QED) is 0.933. The van der Waals surface area contributed by atoms with Crippen molar-refractivity contribution in [2.24, 2.45) is 0 Å². The Balaban J connectivity index is 2.32. The number of nitrogens with zero attached hydrogens (tertiary/aromatic N) is 2. The first-order valence-electron chi connectivity index (χ1n) is 6.60. The van der Waals surface area contributed by atoms with Crippen LogP contribution in [0, 0.1) is 25.5 Å². The molecule has 0 aliphatic rings. The molecule has 2 rings (SSSR count). The SMILES string of the molecule is CCC(O)c1c(C)nn(Cc2ccc(F)c(F)c2)c1C. The molecule has 5 heteroatoms. The summed E-state index contributed by atoms with van der Waals surface area (Å²) >= 11 is 0. The van der Waals surface area contributed by atoms with Crippen LogP contribution in [0.1, 0.15) is 42.0 Å². The number of hydrogen-bond acceptors (Lipinski definition) is 2. The summed E-state index contributed by atoms with van der Waals surface area (Å²) in [6, 6.07) is 3.81. The fourth-order valence-corrected chi connectivity index (χ4v) is 2.36. The van der Waals surface area contributed by atoms with Gasteiger partial charge in [-0.1, -0.05) is 13.0 Å². The fourth-order valence-electron chi connectivity index (χ4n) is 2.36. The molecule has 0 saturated carbocycles. The van der Waals surface area contributed by atoms with E-state index in [0.29, 0.717) is 18.5 Å². The zero-order valence-electron chi connectivity index (χ0n) is 11.8. The normalized spacial score (nSPS) is 12.7. The number of rotatable bonds is 4. The van der Waals surface area contributed by atoms with Crippen LogP contribution in [0.4, 0.5) is 8.78 Å². The summed E-state index contributed by atoms with van der Waals surface area (Å²) in [6.45, 7) is 5.95. The van der Waals surface area contributed by atoms with Crippen LogP contribution in [0.25, 0.3) is 0 Å². The molecule has 0 aliphatic carbocycles. The van der Waals surface area contributed by atoms with Gasteiger partial charge in [-0.05, 0) is 38.0 Å². The van der Waals surface area contributed by atoms with Crippen molar-refractivity contribution < 1.29 is 13.9 Å².